The molecule has 2 aromatic carbocycles. The SMILES string of the molecule is CSc1cc(C(=O)N[C@H](C)c2ccc(C)nc2)cc(-c2ccc(C)cc2)c1. The molecule has 0 aliphatic carbocycles. The first-order valence-corrected chi connectivity index (χ1v) is 10.2. The van der Waals surface area contributed by atoms with Crippen LogP contribution in [0.1, 0.15) is 40.1 Å². The van der Waals surface area contributed by atoms with Gasteiger partial charge in [0.15, 0.2) is 0 Å². The number of carbonyl (C=O) groups excluding carboxylic acids is 1. The highest BCUT2D eigenvalue weighted by Crippen LogP contribution is 2.27. The number of nitrogens with zero attached hydrogens (tertiary/aromatic N) is 1. The number of pyridine rings is 1. The molecule has 0 fully saturated rings. The van der Waals surface area contributed by atoms with E-state index in [-0.39, 0.29) is 11.9 Å². The third kappa shape index (κ3) is 4.77. The number of aryl methyl sites for hydroxylation is 2. The van der Waals surface area contributed by atoms with E-state index < -0.39 is 0 Å². The molecule has 4 heteroatoms. The Bertz CT molecular complexity index is 934. The van der Waals surface area contributed by atoms with Gasteiger partial charge in [0.1, 0.15) is 0 Å². The second-order valence-corrected chi connectivity index (χ2v) is 7.62. The Morgan fingerprint density at radius 2 is 1.74 bits per heavy atom. The van der Waals surface area contributed by atoms with Crippen LogP contribution >= 0.6 is 11.8 Å². The lowest BCUT2D eigenvalue weighted by Crippen LogP contribution is -2.26. The lowest BCUT2D eigenvalue weighted by atomic mass is 10.0. The van der Waals surface area contributed by atoms with Gasteiger partial charge in [0, 0.05) is 22.3 Å². The quantitative estimate of drug-likeness (QED) is 0.591. The lowest BCUT2D eigenvalue weighted by molar-refractivity contribution is 0.0939. The van der Waals surface area contributed by atoms with E-state index in [9.17, 15) is 4.79 Å². The van der Waals surface area contributed by atoms with Crippen LogP contribution in [-0.4, -0.2) is 17.1 Å². The van der Waals surface area contributed by atoms with E-state index in [1.807, 2.05) is 50.6 Å². The van der Waals surface area contributed by atoms with Crippen molar-refractivity contribution in [3.8, 4) is 11.1 Å². The van der Waals surface area contributed by atoms with Gasteiger partial charge in [-0.2, -0.15) is 0 Å². The van der Waals surface area contributed by atoms with E-state index in [1.54, 1.807) is 11.8 Å². The summed E-state index contributed by atoms with van der Waals surface area (Å²) in [5.74, 6) is -0.0765. The highest BCUT2D eigenvalue weighted by molar-refractivity contribution is 7.98. The number of benzene rings is 2. The topological polar surface area (TPSA) is 42.0 Å². The van der Waals surface area contributed by atoms with Gasteiger partial charge in [-0.25, -0.2) is 0 Å². The van der Waals surface area contributed by atoms with Crippen LogP contribution < -0.4 is 5.32 Å². The van der Waals surface area contributed by atoms with Crippen LogP contribution in [0.4, 0.5) is 0 Å². The fourth-order valence-corrected chi connectivity index (χ4v) is 3.35. The predicted octanol–water partition coefficient (Wildman–Crippen LogP) is 5.58. The fourth-order valence-electron chi connectivity index (χ4n) is 2.86. The van der Waals surface area contributed by atoms with Gasteiger partial charge in [-0.3, -0.25) is 9.78 Å². The Labute approximate surface area is 165 Å². The summed E-state index contributed by atoms with van der Waals surface area (Å²) in [7, 11) is 0. The third-order valence-corrected chi connectivity index (χ3v) is 5.28. The number of rotatable bonds is 5. The number of hydrogen-bond donors (Lipinski definition) is 1. The minimum Gasteiger partial charge on any atom is -0.345 e. The molecule has 3 nitrogen and oxygen atoms in total. The Hall–Kier alpha value is -2.59. The predicted molar refractivity (Wildman–Crippen MR) is 113 cm³/mol. The minimum absolute atomic E-state index is 0.0765. The Morgan fingerprint density at radius 1 is 1.00 bits per heavy atom. The Kier molecular flexibility index (Phi) is 5.97. The van der Waals surface area contributed by atoms with Crippen molar-refractivity contribution in [3.63, 3.8) is 0 Å². The van der Waals surface area contributed by atoms with Crippen LogP contribution in [0.5, 0.6) is 0 Å². The fraction of sp³-hybridized carbons (Fsp3) is 0.217. The van der Waals surface area contributed by atoms with Crippen LogP contribution in [0, 0.1) is 13.8 Å². The van der Waals surface area contributed by atoms with Crippen molar-refractivity contribution in [3.05, 3.63) is 83.2 Å². The zero-order chi connectivity index (χ0) is 19.4. The molecule has 3 rings (SSSR count). The van der Waals surface area contributed by atoms with Crippen LogP contribution in [0.25, 0.3) is 11.1 Å². The monoisotopic (exact) mass is 376 g/mol. The first kappa shape index (κ1) is 19.2. The standard InChI is InChI=1S/C23H24N2OS/c1-15-5-8-18(9-6-15)20-11-21(13-22(12-20)27-4)23(26)25-17(3)19-10-7-16(2)24-14-19/h5-14,17H,1-4H3,(H,25,26)/t17-/m1/s1. The van der Waals surface area contributed by atoms with E-state index in [0.29, 0.717) is 5.56 Å². The summed E-state index contributed by atoms with van der Waals surface area (Å²) in [4.78, 5) is 18.2. The van der Waals surface area contributed by atoms with Crippen LogP contribution in [0.2, 0.25) is 0 Å². The van der Waals surface area contributed by atoms with Crippen molar-refractivity contribution in [2.75, 3.05) is 6.26 Å². The molecule has 1 aromatic heterocycles. The number of hydrogen-bond acceptors (Lipinski definition) is 3. The number of carbonyl (C=O) groups is 1. The van der Waals surface area contributed by atoms with Gasteiger partial charge < -0.3 is 5.32 Å². The molecule has 0 radical (unpaired) electrons. The van der Waals surface area contributed by atoms with Gasteiger partial charge in [-0.05, 0) is 68.0 Å². The number of thioether (sulfide) groups is 1. The molecule has 0 aliphatic rings. The number of nitrogens with one attached hydrogen (secondary N) is 1. The maximum atomic E-state index is 12.9. The average Bonchev–Trinajstić information content (AvgIpc) is 2.68. The minimum atomic E-state index is -0.105. The summed E-state index contributed by atoms with van der Waals surface area (Å²) < 4.78 is 0. The molecule has 0 spiro atoms. The molecule has 0 unspecified atom stereocenters. The number of amides is 1. The average molecular weight is 377 g/mol. The summed E-state index contributed by atoms with van der Waals surface area (Å²) >= 11 is 1.64. The summed E-state index contributed by atoms with van der Waals surface area (Å²) in [6.07, 6.45) is 3.84. The molecule has 1 atom stereocenters. The van der Waals surface area contributed by atoms with Gasteiger partial charge in [0.2, 0.25) is 0 Å². The van der Waals surface area contributed by atoms with E-state index in [0.717, 1.165) is 27.3 Å². The normalized spacial score (nSPS) is 11.9. The second kappa shape index (κ2) is 8.40. The number of aromatic nitrogens is 1. The molecule has 0 saturated heterocycles. The molecule has 1 N–H and O–H groups in total. The van der Waals surface area contributed by atoms with Crippen molar-refractivity contribution < 1.29 is 4.79 Å². The molecule has 0 saturated carbocycles. The summed E-state index contributed by atoms with van der Waals surface area (Å²) in [6, 6.07) is 18.3. The van der Waals surface area contributed by atoms with E-state index in [2.05, 4.69) is 47.6 Å². The van der Waals surface area contributed by atoms with Crippen molar-refractivity contribution in [2.24, 2.45) is 0 Å². The molecular weight excluding hydrogens is 352 g/mol. The molecule has 0 aliphatic heterocycles. The van der Waals surface area contributed by atoms with Crippen LogP contribution in [-0.2, 0) is 0 Å². The molecule has 1 amide bonds. The molecule has 3 aromatic rings. The third-order valence-electron chi connectivity index (χ3n) is 4.57. The summed E-state index contributed by atoms with van der Waals surface area (Å²) in [6.45, 7) is 6.00. The van der Waals surface area contributed by atoms with Crippen molar-refractivity contribution in [2.45, 2.75) is 31.7 Å². The highest BCUT2D eigenvalue weighted by atomic mass is 32.2. The van der Waals surface area contributed by atoms with Gasteiger partial charge in [0.25, 0.3) is 5.91 Å². The first-order chi connectivity index (χ1) is 13.0. The van der Waals surface area contributed by atoms with Crippen LogP contribution in [0.15, 0.2) is 65.7 Å². The van der Waals surface area contributed by atoms with Gasteiger partial charge >= 0.3 is 0 Å². The second-order valence-electron chi connectivity index (χ2n) is 6.74. The Morgan fingerprint density at radius 3 is 2.37 bits per heavy atom. The molecule has 1 heterocycles. The lowest BCUT2D eigenvalue weighted by Gasteiger charge is -2.15. The maximum absolute atomic E-state index is 12.9. The van der Waals surface area contributed by atoms with Crippen molar-refractivity contribution >= 4 is 17.7 Å². The zero-order valence-electron chi connectivity index (χ0n) is 16.1. The van der Waals surface area contributed by atoms with Crippen molar-refractivity contribution in [1.29, 1.82) is 0 Å². The van der Waals surface area contributed by atoms with E-state index in [4.69, 9.17) is 0 Å². The maximum Gasteiger partial charge on any atom is 0.251 e. The van der Waals surface area contributed by atoms with Crippen LogP contribution in [0.3, 0.4) is 0 Å². The van der Waals surface area contributed by atoms with E-state index in [1.165, 1.54) is 5.56 Å². The van der Waals surface area contributed by atoms with Gasteiger partial charge in [0.05, 0.1) is 6.04 Å². The molecule has 0 bridgehead atoms. The summed E-state index contributed by atoms with van der Waals surface area (Å²) in [5, 5.41) is 3.08. The summed E-state index contributed by atoms with van der Waals surface area (Å²) in [5.41, 5.74) is 6.02. The Balaban J connectivity index is 1.86. The molecule has 138 valence electrons. The van der Waals surface area contributed by atoms with Crippen molar-refractivity contribution in [1.82, 2.24) is 10.3 Å². The highest BCUT2D eigenvalue weighted by Gasteiger charge is 2.14. The zero-order valence-corrected chi connectivity index (χ0v) is 16.9. The molecular formula is C23H24N2OS. The van der Waals surface area contributed by atoms with E-state index >= 15 is 0 Å². The van der Waals surface area contributed by atoms with Gasteiger partial charge in [-0.15, -0.1) is 11.8 Å². The first-order valence-electron chi connectivity index (χ1n) is 8.96. The smallest absolute Gasteiger partial charge is 0.251 e. The largest absolute Gasteiger partial charge is 0.345 e. The molecule has 27 heavy (non-hydrogen) atoms. The van der Waals surface area contributed by atoms with Gasteiger partial charge in [-0.1, -0.05) is 35.9 Å².